The van der Waals surface area contributed by atoms with E-state index in [0.717, 1.165) is 36.4 Å². The van der Waals surface area contributed by atoms with Gasteiger partial charge in [-0.1, -0.05) is 19.8 Å². The molecule has 0 aromatic carbocycles. The van der Waals surface area contributed by atoms with Crippen molar-refractivity contribution in [2.45, 2.75) is 64.7 Å². The number of carbonyl (C=O) groups is 1. The minimum Gasteiger partial charge on any atom is -0.351 e. The number of hydrogen-bond donors (Lipinski definition) is 1. The van der Waals surface area contributed by atoms with Crippen LogP contribution in [0.25, 0.3) is 0 Å². The Balaban J connectivity index is 2.09. The van der Waals surface area contributed by atoms with Gasteiger partial charge in [0.1, 0.15) is 6.04 Å². The van der Waals surface area contributed by atoms with E-state index < -0.39 is 17.9 Å². The third-order valence-corrected chi connectivity index (χ3v) is 4.40. The SMILES string of the molecule is Cc1cc(C(F)(F)F)nn1[C@H](C)C(=O)N[C@@H]1CCCC[C@H]1C. The topological polar surface area (TPSA) is 46.9 Å². The summed E-state index contributed by atoms with van der Waals surface area (Å²) in [7, 11) is 0. The monoisotopic (exact) mass is 317 g/mol. The van der Waals surface area contributed by atoms with Gasteiger partial charge in [0.05, 0.1) is 0 Å². The molecule has 1 aromatic rings. The Morgan fingerprint density at radius 1 is 1.41 bits per heavy atom. The fourth-order valence-corrected chi connectivity index (χ4v) is 2.96. The smallest absolute Gasteiger partial charge is 0.351 e. The first-order valence-electron chi connectivity index (χ1n) is 7.64. The lowest BCUT2D eigenvalue weighted by Gasteiger charge is -2.30. The Hall–Kier alpha value is -1.53. The van der Waals surface area contributed by atoms with Crippen LogP contribution in [0.1, 0.15) is 57.0 Å². The van der Waals surface area contributed by atoms with Gasteiger partial charge in [0.2, 0.25) is 5.91 Å². The van der Waals surface area contributed by atoms with E-state index in [4.69, 9.17) is 0 Å². The molecule has 0 aliphatic heterocycles. The van der Waals surface area contributed by atoms with Crippen molar-refractivity contribution in [2.24, 2.45) is 5.92 Å². The van der Waals surface area contributed by atoms with Crippen molar-refractivity contribution in [1.29, 1.82) is 0 Å². The van der Waals surface area contributed by atoms with E-state index >= 15 is 0 Å². The number of alkyl halides is 3. The highest BCUT2D eigenvalue weighted by molar-refractivity contribution is 5.80. The zero-order valence-electron chi connectivity index (χ0n) is 13.1. The molecule has 1 N–H and O–H groups in total. The molecule has 1 heterocycles. The van der Waals surface area contributed by atoms with Crippen LogP contribution in [0.4, 0.5) is 13.2 Å². The number of carbonyl (C=O) groups excluding carboxylic acids is 1. The largest absolute Gasteiger partial charge is 0.435 e. The van der Waals surface area contributed by atoms with Crippen LogP contribution >= 0.6 is 0 Å². The van der Waals surface area contributed by atoms with Gasteiger partial charge in [0.15, 0.2) is 5.69 Å². The molecule has 124 valence electrons. The van der Waals surface area contributed by atoms with Gasteiger partial charge in [-0.2, -0.15) is 18.3 Å². The number of aromatic nitrogens is 2. The first-order chi connectivity index (χ1) is 10.2. The van der Waals surface area contributed by atoms with E-state index in [1.165, 1.54) is 6.92 Å². The number of amides is 1. The summed E-state index contributed by atoms with van der Waals surface area (Å²) >= 11 is 0. The molecule has 0 unspecified atom stereocenters. The van der Waals surface area contributed by atoms with Crippen LogP contribution in [0.15, 0.2) is 6.07 Å². The van der Waals surface area contributed by atoms with E-state index in [-0.39, 0.29) is 11.9 Å². The second-order valence-corrected chi connectivity index (χ2v) is 6.17. The molecule has 1 aliphatic rings. The van der Waals surface area contributed by atoms with Crippen molar-refractivity contribution in [2.75, 3.05) is 0 Å². The first kappa shape index (κ1) is 16.8. The Morgan fingerprint density at radius 2 is 2.05 bits per heavy atom. The molecule has 2 rings (SSSR count). The molecule has 22 heavy (non-hydrogen) atoms. The number of nitrogens with one attached hydrogen (secondary N) is 1. The van der Waals surface area contributed by atoms with Crippen molar-refractivity contribution in [3.05, 3.63) is 17.5 Å². The van der Waals surface area contributed by atoms with Crippen molar-refractivity contribution in [3.63, 3.8) is 0 Å². The third-order valence-electron chi connectivity index (χ3n) is 4.40. The lowest BCUT2D eigenvalue weighted by atomic mass is 9.86. The highest BCUT2D eigenvalue weighted by Gasteiger charge is 2.35. The zero-order chi connectivity index (χ0) is 16.5. The normalized spacial score (nSPS) is 24.1. The molecule has 1 aliphatic carbocycles. The molecule has 7 heteroatoms. The maximum absolute atomic E-state index is 12.7. The molecular weight excluding hydrogens is 295 g/mol. The summed E-state index contributed by atoms with van der Waals surface area (Å²) in [6.07, 6.45) is -0.271. The lowest BCUT2D eigenvalue weighted by Crippen LogP contribution is -2.44. The number of halogens is 3. The van der Waals surface area contributed by atoms with Crippen molar-refractivity contribution in [3.8, 4) is 0 Å². The number of nitrogens with zero attached hydrogens (tertiary/aromatic N) is 2. The quantitative estimate of drug-likeness (QED) is 0.928. The highest BCUT2D eigenvalue weighted by atomic mass is 19.4. The molecule has 1 aromatic heterocycles. The van der Waals surface area contributed by atoms with Gasteiger partial charge in [0.25, 0.3) is 0 Å². The van der Waals surface area contributed by atoms with Crippen LogP contribution in [0.5, 0.6) is 0 Å². The van der Waals surface area contributed by atoms with Crippen molar-refractivity contribution < 1.29 is 18.0 Å². The molecule has 0 spiro atoms. The van der Waals surface area contributed by atoms with E-state index in [0.29, 0.717) is 11.6 Å². The van der Waals surface area contributed by atoms with Crippen molar-refractivity contribution >= 4 is 5.91 Å². The van der Waals surface area contributed by atoms with Crippen LogP contribution in [-0.4, -0.2) is 21.7 Å². The van der Waals surface area contributed by atoms with E-state index in [1.807, 2.05) is 0 Å². The predicted octanol–water partition coefficient (Wildman–Crippen LogP) is 3.47. The minimum atomic E-state index is -4.50. The summed E-state index contributed by atoms with van der Waals surface area (Å²) in [5.74, 6) is 0.119. The first-order valence-corrected chi connectivity index (χ1v) is 7.64. The Morgan fingerprint density at radius 3 is 2.59 bits per heavy atom. The lowest BCUT2D eigenvalue weighted by molar-refractivity contribution is -0.142. The average Bonchev–Trinajstić information content (AvgIpc) is 2.82. The molecule has 1 saturated carbocycles. The van der Waals surface area contributed by atoms with Crippen LogP contribution in [0, 0.1) is 12.8 Å². The molecule has 3 atom stereocenters. The second-order valence-electron chi connectivity index (χ2n) is 6.17. The molecule has 1 fully saturated rings. The summed E-state index contributed by atoms with van der Waals surface area (Å²) in [5.41, 5.74) is -0.637. The molecule has 0 bridgehead atoms. The molecule has 0 radical (unpaired) electrons. The van der Waals surface area contributed by atoms with Gasteiger partial charge in [-0.3, -0.25) is 9.48 Å². The summed E-state index contributed by atoms with van der Waals surface area (Å²) in [6, 6.07) is 0.305. The van der Waals surface area contributed by atoms with Crippen LogP contribution in [0.3, 0.4) is 0 Å². The summed E-state index contributed by atoms with van der Waals surface area (Å²) < 4.78 is 39.2. The second kappa shape index (κ2) is 6.30. The van der Waals surface area contributed by atoms with Crippen molar-refractivity contribution in [1.82, 2.24) is 15.1 Å². The van der Waals surface area contributed by atoms with E-state index in [2.05, 4.69) is 17.3 Å². The number of rotatable bonds is 3. The van der Waals surface area contributed by atoms with Crippen LogP contribution in [0.2, 0.25) is 0 Å². The number of aryl methyl sites for hydroxylation is 1. The Labute approximate surface area is 128 Å². The molecule has 0 saturated heterocycles. The summed E-state index contributed by atoms with van der Waals surface area (Å²) in [6.45, 7) is 5.19. The Bertz CT molecular complexity index is 539. The summed E-state index contributed by atoms with van der Waals surface area (Å²) in [5, 5.41) is 6.51. The third kappa shape index (κ3) is 3.62. The maximum Gasteiger partial charge on any atom is 0.435 e. The number of hydrogen-bond acceptors (Lipinski definition) is 2. The van der Waals surface area contributed by atoms with Gasteiger partial charge >= 0.3 is 6.18 Å². The van der Waals surface area contributed by atoms with Gasteiger partial charge in [-0.25, -0.2) is 0 Å². The average molecular weight is 317 g/mol. The molecule has 4 nitrogen and oxygen atoms in total. The van der Waals surface area contributed by atoms with Crippen LogP contribution in [-0.2, 0) is 11.0 Å². The minimum absolute atomic E-state index is 0.0988. The fraction of sp³-hybridized carbons (Fsp3) is 0.733. The van der Waals surface area contributed by atoms with Crippen LogP contribution < -0.4 is 5.32 Å². The van der Waals surface area contributed by atoms with Gasteiger partial charge in [-0.15, -0.1) is 0 Å². The summed E-state index contributed by atoms with van der Waals surface area (Å²) in [4.78, 5) is 12.3. The van der Waals surface area contributed by atoms with Gasteiger partial charge in [-0.05, 0) is 38.7 Å². The van der Waals surface area contributed by atoms with E-state index in [9.17, 15) is 18.0 Å². The predicted molar refractivity (Wildman–Crippen MR) is 76.2 cm³/mol. The van der Waals surface area contributed by atoms with Gasteiger partial charge < -0.3 is 5.32 Å². The Kier molecular flexibility index (Phi) is 4.82. The van der Waals surface area contributed by atoms with Gasteiger partial charge in [0, 0.05) is 11.7 Å². The molecular formula is C15H22F3N3O. The van der Waals surface area contributed by atoms with E-state index in [1.54, 1.807) is 6.92 Å². The fourth-order valence-electron chi connectivity index (χ4n) is 2.96. The highest BCUT2D eigenvalue weighted by Crippen LogP contribution is 2.29. The maximum atomic E-state index is 12.7. The standard InChI is InChI=1S/C15H22F3N3O/c1-9-6-4-5-7-12(9)19-14(22)11(3)21-10(2)8-13(20-21)15(16,17)18/h8-9,11-12H,4-7H2,1-3H3,(H,19,22)/t9-,11-,12-/m1/s1. The zero-order valence-corrected chi connectivity index (χ0v) is 13.1. The molecule has 1 amide bonds.